The summed E-state index contributed by atoms with van der Waals surface area (Å²) >= 11 is 0. The summed E-state index contributed by atoms with van der Waals surface area (Å²) in [5, 5.41) is 2.48. The maximum absolute atomic E-state index is 14.4. The average molecular weight is 480 g/mol. The van der Waals surface area contributed by atoms with Crippen molar-refractivity contribution in [1.29, 1.82) is 0 Å². The normalized spacial score (nSPS) is 24.6. The van der Waals surface area contributed by atoms with Crippen molar-refractivity contribution in [3.8, 4) is 5.88 Å². The lowest BCUT2D eigenvalue weighted by Crippen LogP contribution is -2.49. The number of aromatic nitrogens is 2. The summed E-state index contributed by atoms with van der Waals surface area (Å²) in [6, 6.07) is -1.01. The lowest BCUT2D eigenvalue weighted by Gasteiger charge is -2.33. The van der Waals surface area contributed by atoms with Gasteiger partial charge in [0.1, 0.15) is 23.8 Å². The number of piperidine rings is 1. The van der Waals surface area contributed by atoms with Crippen molar-refractivity contribution in [2.75, 3.05) is 31.3 Å². The van der Waals surface area contributed by atoms with Crippen molar-refractivity contribution in [2.45, 2.75) is 43.8 Å². The summed E-state index contributed by atoms with van der Waals surface area (Å²) in [4.78, 5) is 6.99. The molecule has 176 valence electrons. The van der Waals surface area contributed by atoms with E-state index in [-0.39, 0.29) is 25.8 Å². The van der Waals surface area contributed by atoms with Gasteiger partial charge in [0, 0.05) is 19.3 Å². The number of sulfonamides is 1. The van der Waals surface area contributed by atoms with Crippen LogP contribution >= 0.6 is 0 Å². The first-order valence-electron chi connectivity index (χ1n) is 9.12. The summed E-state index contributed by atoms with van der Waals surface area (Å²) in [5.74, 6) is -1.56. The Hall–Kier alpha value is -1.90. The molecule has 1 N–H and O–H groups in total. The van der Waals surface area contributed by atoms with Crippen molar-refractivity contribution in [3.05, 3.63) is 11.8 Å². The molecule has 31 heavy (non-hydrogen) atoms. The predicted octanol–water partition coefficient (Wildman–Crippen LogP) is 3.00. The van der Waals surface area contributed by atoms with Crippen LogP contribution in [0.2, 0.25) is 0 Å². The van der Waals surface area contributed by atoms with Crippen molar-refractivity contribution in [3.63, 3.8) is 0 Å². The molecule has 1 saturated heterocycles. The third-order valence-electron chi connectivity index (χ3n) is 5.29. The molecule has 3 rings (SSSR count). The van der Waals surface area contributed by atoms with Gasteiger partial charge in [-0.05, 0) is 19.3 Å². The molecule has 1 aromatic rings. The summed E-state index contributed by atoms with van der Waals surface area (Å²) in [7, 11) is -3.61. The fraction of sp³-hybridized carbons (Fsp3) is 0.750. The summed E-state index contributed by atoms with van der Waals surface area (Å²) in [6.45, 7) is -1.53. The van der Waals surface area contributed by atoms with Gasteiger partial charge in [0.05, 0.1) is 12.3 Å². The van der Waals surface area contributed by atoms with Gasteiger partial charge < -0.3 is 10.1 Å². The smallest absolute Gasteiger partial charge is 0.423 e. The van der Waals surface area contributed by atoms with Crippen molar-refractivity contribution < 1.29 is 43.9 Å². The van der Waals surface area contributed by atoms with E-state index in [4.69, 9.17) is 4.74 Å². The molecule has 2 atom stereocenters. The van der Waals surface area contributed by atoms with Crippen LogP contribution < -0.4 is 10.1 Å². The second kappa shape index (κ2) is 7.90. The molecule has 0 aromatic carbocycles. The molecule has 0 radical (unpaired) electrons. The van der Waals surface area contributed by atoms with E-state index in [1.165, 1.54) is 0 Å². The van der Waals surface area contributed by atoms with E-state index in [0.717, 1.165) is 10.6 Å². The number of nitrogens with zero attached hydrogens (tertiary/aromatic N) is 3. The van der Waals surface area contributed by atoms with E-state index < -0.39 is 70.5 Å². The predicted molar refractivity (Wildman–Crippen MR) is 93.6 cm³/mol. The molecule has 1 aliphatic heterocycles. The second-order valence-electron chi connectivity index (χ2n) is 7.65. The maximum atomic E-state index is 14.4. The third kappa shape index (κ3) is 5.30. The number of rotatable bonds is 6. The van der Waals surface area contributed by atoms with Gasteiger partial charge in [0.15, 0.2) is 0 Å². The van der Waals surface area contributed by atoms with Crippen LogP contribution in [0, 0.1) is 5.41 Å². The minimum Gasteiger partial charge on any atom is -0.476 e. The molecule has 2 heterocycles. The molecular formula is C16H19F7N4O3S. The van der Waals surface area contributed by atoms with Crippen LogP contribution in [-0.4, -0.2) is 67.0 Å². The fourth-order valence-electron chi connectivity index (χ4n) is 3.11. The molecule has 15 heteroatoms. The highest BCUT2D eigenvalue weighted by atomic mass is 32.2. The number of halogens is 7. The molecule has 0 bridgehead atoms. The van der Waals surface area contributed by atoms with Gasteiger partial charge >= 0.3 is 12.4 Å². The Morgan fingerprint density at radius 3 is 2.39 bits per heavy atom. The Kier molecular flexibility index (Phi) is 6.06. The van der Waals surface area contributed by atoms with E-state index in [2.05, 4.69) is 15.3 Å². The Bertz CT molecular complexity index is 919. The van der Waals surface area contributed by atoms with Crippen molar-refractivity contribution >= 4 is 16.0 Å². The lowest BCUT2D eigenvalue weighted by atomic mass is 10.1. The Morgan fingerprint density at radius 2 is 1.90 bits per heavy atom. The maximum Gasteiger partial charge on any atom is 0.423 e. The second-order valence-corrected chi connectivity index (χ2v) is 9.64. The Morgan fingerprint density at radius 1 is 1.26 bits per heavy atom. The molecule has 0 spiro atoms. The molecule has 7 nitrogen and oxygen atoms in total. The van der Waals surface area contributed by atoms with Crippen LogP contribution in [-0.2, 0) is 16.2 Å². The monoisotopic (exact) mass is 480 g/mol. The van der Waals surface area contributed by atoms with E-state index in [9.17, 15) is 39.2 Å². The quantitative estimate of drug-likeness (QED) is 0.631. The molecule has 0 unspecified atom stereocenters. The number of hydrogen-bond acceptors (Lipinski definition) is 6. The van der Waals surface area contributed by atoms with Crippen molar-refractivity contribution in [1.82, 2.24) is 14.3 Å². The van der Waals surface area contributed by atoms with E-state index in [0.29, 0.717) is 6.20 Å². The van der Waals surface area contributed by atoms with Gasteiger partial charge in [-0.25, -0.2) is 17.8 Å². The topological polar surface area (TPSA) is 84.4 Å². The van der Waals surface area contributed by atoms with E-state index in [1.807, 2.05) is 0 Å². The molecule has 0 amide bonds. The standard InChI is InChI=1S/C16H19F7N4O3S/c1-31(28,29)27-5-2-11(10(17)7-27)25-13-24-6-9(15(18,19)20)12(26-13)30-8-14(3-4-14)16(21,22)23/h6,10-11H,2-5,7-8H2,1H3,(H,24,25,26)/t10-,11-/m0/s1. The van der Waals surface area contributed by atoms with Crippen LogP contribution in [0.4, 0.5) is 36.7 Å². The number of ether oxygens (including phenoxy) is 1. The van der Waals surface area contributed by atoms with Gasteiger partial charge in [-0.3, -0.25) is 0 Å². The first-order valence-corrected chi connectivity index (χ1v) is 11.0. The number of alkyl halides is 7. The zero-order chi connectivity index (χ0) is 23.2. The highest BCUT2D eigenvalue weighted by Gasteiger charge is 2.64. The minimum absolute atomic E-state index is 0.0218. The number of nitrogens with one attached hydrogen (secondary N) is 1. The first-order chi connectivity index (χ1) is 14.1. The first kappa shape index (κ1) is 23.8. The van der Waals surface area contributed by atoms with Crippen LogP contribution in [0.5, 0.6) is 5.88 Å². The van der Waals surface area contributed by atoms with Gasteiger partial charge in [-0.15, -0.1) is 0 Å². The number of anilines is 1. The summed E-state index contributed by atoms with van der Waals surface area (Å²) in [5.41, 5.74) is -3.67. The lowest BCUT2D eigenvalue weighted by molar-refractivity contribution is -0.195. The Balaban J connectivity index is 1.76. The van der Waals surface area contributed by atoms with Gasteiger partial charge in [-0.2, -0.15) is 35.6 Å². The SMILES string of the molecule is CS(=O)(=O)N1CC[C@H](Nc2ncc(C(F)(F)F)c(OCC3(C(F)(F)F)CC3)n2)[C@@H](F)C1. The Labute approximate surface area is 173 Å². The average Bonchev–Trinajstić information content (AvgIpc) is 3.41. The molecule has 2 fully saturated rings. The molecule has 1 saturated carbocycles. The summed E-state index contributed by atoms with van der Waals surface area (Å²) in [6.07, 6.45) is -10.6. The van der Waals surface area contributed by atoms with Crippen LogP contribution in [0.15, 0.2) is 6.20 Å². The highest BCUT2D eigenvalue weighted by molar-refractivity contribution is 7.88. The third-order valence-corrected chi connectivity index (χ3v) is 6.56. The minimum atomic E-state index is -4.98. The molecule has 2 aliphatic rings. The molecular weight excluding hydrogens is 461 g/mol. The number of hydrogen-bond donors (Lipinski definition) is 1. The van der Waals surface area contributed by atoms with E-state index >= 15 is 0 Å². The van der Waals surface area contributed by atoms with Gasteiger partial charge in [0.2, 0.25) is 21.9 Å². The summed E-state index contributed by atoms with van der Waals surface area (Å²) < 4.78 is 122. The zero-order valence-corrected chi connectivity index (χ0v) is 16.9. The van der Waals surface area contributed by atoms with Crippen LogP contribution in [0.25, 0.3) is 0 Å². The largest absolute Gasteiger partial charge is 0.476 e. The highest BCUT2D eigenvalue weighted by Crippen LogP contribution is 2.57. The van der Waals surface area contributed by atoms with Crippen LogP contribution in [0.3, 0.4) is 0 Å². The molecule has 1 aliphatic carbocycles. The van der Waals surface area contributed by atoms with Crippen LogP contribution in [0.1, 0.15) is 24.8 Å². The zero-order valence-electron chi connectivity index (χ0n) is 16.1. The van der Waals surface area contributed by atoms with Gasteiger partial charge in [-0.1, -0.05) is 0 Å². The fourth-order valence-corrected chi connectivity index (χ4v) is 3.96. The van der Waals surface area contributed by atoms with E-state index in [1.54, 1.807) is 0 Å². The van der Waals surface area contributed by atoms with Crippen molar-refractivity contribution in [2.24, 2.45) is 5.41 Å². The molecule has 1 aromatic heterocycles. The van der Waals surface area contributed by atoms with Gasteiger partial charge in [0.25, 0.3) is 0 Å².